The van der Waals surface area contributed by atoms with Crippen LogP contribution in [-0.2, 0) is 10.1 Å². The molecule has 4 fully saturated rings. The van der Waals surface area contributed by atoms with Crippen LogP contribution in [-0.4, -0.2) is 13.0 Å². The van der Waals surface area contributed by atoms with Crippen molar-refractivity contribution in [3.05, 3.63) is 52.6 Å². The van der Waals surface area contributed by atoms with Crippen molar-refractivity contribution in [2.45, 2.75) is 167 Å². The lowest BCUT2D eigenvalue weighted by atomic mass is 9.80. The zero-order chi connectivity index (χ0) is 28.2. The van der Waals surface area contributed by atoms with E-state index < -0.39 is 10.1 Å². The Bertz CT molecular complexity index is 1200. The molecule has 6 rings (SSSR count). The molecule has 0 saturated heterocycles. The van der Waals surface area contributed by atoms with Crippen LogP contribution in [0.4, 0.5) is 0 Å². The lowest BCUT2D eigenvalue weighted by molar-refractivity contribution is 0.418. The fourth-order valence-electron chi connectivity index (χ4n) is 8.62. The average Bonchev–Trinajstić information content (AvgIpc) is 3.02. The van der Waals surface area contributed by atoms with Gasteiger partial charge in [0, 0.05) is 9.79 Å². The van der Waals surface area contributed by atoms with Gasteiger partial charge in [0.1, 0.15) is 4.90 Å². The Morgan fingerprint density at radius 2 is 0.829 bits per heavy atom. The summed E-state index contributed by atoms with van der Waals surface area (Å²) in [6.45, 7) is 0. The SMILES string of the molecule is O=S(=O)(O)c1c(C2CCCCC2)cc(Sc2cc(C3CCCCC3)cc(C3CCCCC3)c2)cc1C1CCCCC1. The van der Waals surface area contributed by atoms with Crippen molar-refractivity contribution in [1.29, 1.82) is 0 Å². The Kier molecular flexibility index (Phi) is 9.84. The van der Waals surface area contributed by atoms with Crippen molar-refractivity contribution in [2.75, 3.05) is 0 Å². The van der Waals surface area contributed by atoms with Crippen LogP contribution in [0.15, 0.2) is 45.0 Å². The van der Waals surface area contributed by atoms with Crippen LogP contribution in [0.2, 0.25) is 0 Å². The van der Waals surface area contributed by atoms with Gasteiger partial charge in [0.25, 0.3) is 10.1 Å². The highest BCUT2D eigenvalue weighted by Crippen LogP contribution is 2.46. The molecule has 2 aromatic carbocycles. The summed E-state index contributed by atoms with van der Waals surface area (Å²) in [5, 5.41) is 0. The molecule has 0 aromatic heterocycles. The van der Waals surface area contributed by atoms with Gasteiger partial charge in [-0.2, -0.15) is 8.42 Å². The number of hydrogen-bond donors (Lipinski definition) is 1. The van der Waals surface area contributed by atoms with Crippen molar-refractivity contribution in [2.24, 2.45) is 0 Å². The minimum Gasteiger partial charge on any atom is -0.282 e. The predicted octanol–water partition coefficient (Wildman–Crippen LogP) is 11.3. The predicted molar refractivity (Wildman–Crippen MR) is 170 cm³/mol. The van der Waals surface area contributed by atoms with Crippen molar-refractivity contribution in [3.63, 3.8) is 0 Å². The molecule has 0 amide bonds. The third-order valence-corrected chi connectivity index (χ3v) is 12.7. The smallest absolute Gasteiger partial charge is 0.282 e. The highest BCUT2D eigenvalue weighted by molar-refractivity contribution is 7.99. The molecule has 224 valence electrons. The molecule has 5 heteroatoms. The first-order valence-electron chi connectivity index (χ1n) is 16.9. The zero-order valence-electron chi connectivity index (χ0n) is 24.9. The molecule has 4 saturated carbocycles. The second-order valence-electron chi connectivity index (χ2n) is 13.7. The van der Waals surface area contributed by atoms with E-state index in [1.54, 1.807) is 0 Å². The minimum absolute atomic E-state index is 0.218. The molecule has 4 aliphatic carbocycles. The van der Waals surface area contributed by atoms with Crippen LogP contribution in [0.3, 0.4) is 0 Å². The Morgan fingerprint density at radius 1 is 0.488 bits per heavy atom. The lowest BCUT2D eigenvalue weighted by Crippen LogP contribution is -2.16. The van der Waals surface area contributed by atoms with Crippen molar-refractivity contribution < 1.29 is 13.0 Å². The molecule has 0 radical (unpaired) electrons. The van der Waals surface area contributed by atoms with Crippen LogP contribution in [0.25, 0.3) is 0 Å². The summed E-state index contributed by atoms with van der Waals surface area (Å²) in [5.41, 5.74) is 4.86. The van der Waals surface area contributed by atoms with Gasteiger partial charge in [-0.05, 0) is 122 Å². The second kappa shape index (κ2) is 13.6. The number of hydrogen-bond acceptors (Lipinski definition) is 3. The van der Waals surface area contributed by atoms with E-state index in [0.29, 0.717) is 11.8 Å². The minimum atomic E-state index is -4.30. The summed E-state index contributed by atoms with van der Waals surface area (Å²) in [5.74, 6) is 1.78. The van der Waals surface area contributed by atoms with E-state index >= 15 is 0 Å². The van der Waals surface area contributed by atoms with E-state index in [9.17, 15) is 13.0 Å². The van der Waals surface area contributed by atoms with E-state index in [4.69, 9.17) is 0 Å². The molecular formula is C36H50O3S2. The third-order valence-electron chi connectivity index (χ3n) is 10.8. The maximum atomic E-state index is 13.0. The van der Waals surface area contributed by atoms with Crippen LogP contribution in [0.1, 0.15) is 174 Å². The first-order chi connectivity index (χ1) is 20.0. The fourth-order valence-corrected chi connectivity index (χ4v) is 10.7. The van der Waals surface area contributed by atoms with E-state index in [1.165, 1.54) is 93.1 Å². The van der Waals surface area contributed by atoms with Crippen LogP contribution >= 0.6 is 11.8 Å². The summed E-state index contributed by atoms with van der Waals surface area (Å²) in [4.78, 5) is 2.74. The molecule has 3 nitrogen and oxygen atoms in total. The molecule has 0 bridgehead atoms. The molecule has 4 aliphatic rings. The second-order valence-corrected chi connectivity index (χ2v) is 16.2. The number of rotatable bonds is 7. The molecule has 0 unspecified atom stereocenters. The topological polar surface area (TPSA) is 54.4 Å². The summed E-state index contributed by atoms with van der Waals surface area (Å²) in [7, 11) is -4.30. The third kappa shape index (κ3) is 7.27. The molecule has 2 aromatic rings. The summed E-state index contributed by atoms with van der Waals surface area (Å²) < 4.78 is 36.7. The molecule has 0 heterocycles. The summed E-state index contributed by atoms with van der Waals surface area (Å²) in [6, 6.07) is 11.8. The van der Waals surface area contributed by atoms with Gasteiger partial charge in [0.15, 0.2) is 0 Å². The number of benzene rings is 2. The maximum Gasteiger partial charge on any atom is 0.295 e. The van der Waals surface area contributed by atoms with E-state index in [1.807, 2.05) is 11.8 Å². The first kappa shape index (κ1) is 29.8. The highest BCUT2D eigenvalue weighted by Gasteiger charge is 2.31. The molecule has 1 N–H and O–H groups in total. The Labute approximate surface area is 253 Å². The Morgan fingerprint density at radius 3 is 1.20 bits per heavy atom. The first-order valence-corrected chi connectivity index (χ1v) is 19.2. The van der Waals surface area contributed by atoms with Gasteiger partial charge >= 0.3 is 0 Å². The van der Waals surface area contributed by atoms with Crippen molar-refractivity contribution in [3.8, 4) is 0 Å². The summed E-state index contributed by atoms with van der Waals surface area (Å²) in [6.07, 6.45) is 24.4. The molecule has 0 spiro atoms. The Balaban J connectivity index is 1.42. The summed E-state index contributed by atoms with van der Waals surface area (Å²) >= 11 is 1.84. The zero-order valence-corrected chi connectivity index (χ0v) is 26.6. The van der Waals surface area contributed by atoms with E-state index in [-0.39, 0.29) is 16.7 Å². The van der Waals surface area contributed by atoms with Crippen molar-refractivity contribution in [1.82, 2.24) is 0 Å². The van der Waals surface area contributed by atoms with E-state index in [2.05, 4.69) is 30.3 Å². The van der Waals surface area contributed by atoms with E-state index in [0.717, 1.165) is 67.4 Å². The van der Waals surface area contributed by atoms with Crippen LogP contribution in [0.5, 0.6) is 0 Å². The fraction of sp³-hybridized carbons (Fsp3) is 0.667. The van der Waals surface area contributed by atoms with Crippen molar-refractivity contribution >= 4 is 21.9 Å². The quantitative estimate of drug-likeness (QED) is 0.324. The average molecular weight is 595 g/mol. The van der Waals surface area contributed by atoms with Crippen LogP contribution in [0, 0.1) is 0 Å². The standard InChI is InChI=1S/C36H50O3S2/c37-41(38,39)36-34(28-17-9-3-10-18-28)24-33(25-35(36)29-19-11-4-12-20-29)40-32-22-30(26-13-5-1-6-14-26)21-31(23-32)27-15-7-2-8-16-27/h21-29H,1-20H2,(H,37,38,39). The lowest BCUT2D eigenvalue weighted by Gasteiger charge is -2.29. The normalized spacial score (nSPS) is 22.7. The van der Waals surface area contributed by atoms with Gasteiger partial charge < -0.3 is 0 Å². The monoisotopic (exact) mass is 594 g/mol. The van der Waals surface area contributed by atoms with Crippen LogP contribution < -0.4 is 0 Å². The molecule has 0 atom stereocenters. The maximum absolute atomic E-state index is 13.0. The Hall–Kier alpha value is -1.30. The van der Waals surface area contributed by atoms with Gasteiger partial charge in [-0.3, -0.25) is 4.55 Å². The largest absolute Gasteiger partial charge is 0.295 e. The van der Waals surface area contributed by atoms with Gasteiger partial charge in [-0.25, -0.2) is 0 Å². The molecular weight excluding hydrogens is 545 g/mol. The van der Waals surface area contributed by atoms with Gasteiger partial charge in [-0.1, -0.05) is 94.9 Å². The highest BCUT2D eigenvalue weighted by atomic mass is 32.2. The molecule has 41 heavy (non-hydrogen) atoms. The van der Waals surface area contributed by atoms with Gasteiger partial charge in [0.05, 0.1) is 0 Å². The van der Waals surface area contributed by atoms with Gasteiger partial charge in [-0.15, -0.1) is 0 Å². The van der Waals surface area contributed by atoms with Gasteiger partial charge in [0.2, 0.25) is 0 Å². The molecule has 0 aliphatic heterocycles.